The van der Waals surface area contributed by atoms with Gasteiger partial charge >= 0.3 is 5.97 Å². The van der Waals surface area contributed by atoms with Crippen LogP contribution in [0.1, 0.15) is 37.7 Å². The number of esters is 1. The predicted molar refractivity (Wildman–Crippen MR) is 96.2 cm³/mol. The lowest BCUT2D eigenvalue weighted by atomic mass is 9.73. The number of rotatable bonds is 6. The molecular formula is C19H25N3O4. The van der Waals surface area contributed by atoms with Crippen LogP contribution in [0.3, 0.4) is 0 Å². The van der Waals surface area contributed by atoms with Crippen LogP contribution in [0.15, 0.2) is 35.3 Å². The molecule has 140 valence electrons. The molecule has 7 heteroatoms. The number of aliphatic imine (C=N–C) groups is 1. The molecule has 1 aliphatic carbocycles. The first kappa shape index (κ1) is 18.2. The van der Waals surface area contributed by atoms with Gasteiger partial charge in [0.15, 0.2) is 5.96 Å². The van der Waals surface area contributed by atoms with Crippen LogP contribution in [0, 0.1) is 5.92 Å². The summed E-state index contributed by atoms with van der Waals surface area (Å²) in [6, 6.07) is 9.16. The van der Waals surface area contributed by atoms with Gasteiger partial charge in [0, 0.05) is 11.5 Å². The van der Waals surface area contributed by atoms with Gasteiger partial charge in [0.1, 0.15) is 6.10 Å². The zero-order valence-electron chi connectivity index (χ0n) is 14.7. The summed E-state index contributed by atoms with van der Waals surface area (Å²) in [6.07, 6.45) is 4.30. The summed E-state index contributed by atoms with van der Waals surface area (Å²) in [5.74, 6) is -0.310. The van der Waals surface area contributed by atoms with E-state index in [-0.39, 0.29) is 5.92 Å². The Hall–Kier alpha value is -2.57. The molecule has 26 heavy (non-hydrogen) atoms. The fraction of sp³-hybridized carbons (Fsp3) is 0.526. The lowest BCUT2D eigenvalue weighted by molar-refractivity contribution is -0.191. The smallest absolute Gasteiger partial charge is 0.356 e. The zero-order valence-corrected chi connectivity index (χ0v) is 14.7. The Morgan fingerprint density at radius 2 is 1.96 bits per heavy atom. The number of nitrogens with one attached hydrogen (secondary N) is 1. The highest BCUT2D eigenvalue weighted by molar-refractivity contribution is 5.84. The van der Waals surface area contributed by atoms with Crippen LogP contribution in [0.2, 0.25) is 0 Å². The van der Waals surface area contributed by atoms with Crippen molar-refractivity contribution in [3.63, 3.8) is 0 Å². The number of nitrogens with zero attached hydrogens (tertiary/aromatic N) is 1. The topological polar surface area (TPSA) is 103 Å². The van der Waals surface area contributed by atoms with E-state index in [9.17, 15) is 9.59 Å². The second-order valence-electron chi connectivity index (χ2n) is 6.78. The number of ether oxygens (including phenoxy) is 2. The molecule has 1 saturated carbocycles. The van der Waals surface area contributed by atoms with Crippen molar-refractivity contribution in [1.82, 2.24) is 5.32 Å². The Kier molecular flexibility index (Phi) is 5.75. The number of carbonyl (C=O) groups is 2. The maximum atomic E-state index is 13.3. The Bertz CT molecular complexity index is 658. The van der Waals surface area contributed by atoms with Gasteiger partial charge in [-0.3, -0.25) is 4.79 Å². The summed E-state index contributed by atoms with van der Waals surface area (Å²) >= 11 is 0. The normalized spacial score (nSPS) is 23.1. The summed E-state index contributed by atoms with van der Waals surface area (Å²) < 4.78 is 11.3. The number of benzene rings is 1. The van der Waals surface area contributed by atoms with Gasteiger partial charge in [0.2, 0.25) is 5.60 Å². The van der Waals surface area contributed by atoms with E-state index in [2.05, 4.69) is 10.3 Å². The van der Waals surface area contributed by atoms with Gasteiger partial charge in [-0.05, 0) is 12.8 Å². The molecule has 1 aliphatic heterocycles. The standard InChI is InChI=1S/C19H25N3O4/c20-18-21-11-16(12-22-18)26-17(24)19(25-13-23,14-7-3-1-4-8-14)15-9-5-2-6-10-15/h1,3-4,7-8,13,15-16H,2,5-6,9-12H2,(H3,20,21,22). The third-order valence-electron chi connectivity index (χ3n) is 5.17. The van der Waals surface area contributed by atoms with Crippen LogP contribution < -0.4 is 11.1 Å². The number of hydrogen-bond acceptors (Lipinski definition) is 7. The van der Waals surface area contributed by atoms with Crippen molar-refractivity contribution < 1.29 is 19.1 Å². The molecule has 2 aliphatic rings. The van der Waals surface area contributed by atoms with E-state index in [1.165, 1.54) is 0 Å². The Labute approximate surface area is 152 Å². The van der Waals surface area contributed by atoms with Crippen LogP contribution in [-0.2, 0) is 24.7 Å². The van der Waals surface area contributed by atoms with Crippen molar-refractivity contribution in [2.45, 2.75) is 43.8 Å². The highest BCUT2D eigenvalue weighted by Gasteiger charge is 2.51. The van der Waals surface area contributed by atoms with E-state index in [4.69, 9.17) is 15.2 Å². The van der Waals surface area contributed by atoms with E-state index < -0.39 is 17.7 Å². The second kappa shape index (κ2) is 8.21. The molecule has 3 N–H and O–H groups in total. The summed E-state index contributed by atoms with van der Waals surface area (Å²) in [4.78, 5) is 28.8. The molecule has 0 spiro atoms. The zero-order chi connectivity index (χ0) is 18.4. The summed E-state index contributed by atoms with van der Waals surface area (Å²) in [5, 5.41) is 2.88. The van der Waals surface area contributed by atoms with Crippen molar-refractivity contribution in [1.29, 1.82) is 0 Å². The molecule has 2 unspecified atom stereocenters. The van der Waals surface area contributed by atoms with Gasteiger partial charge in [-0.2, -0.15) is 0 Å². The molecule has 0 radical (unpaired) electrons. The average Bonchev–Trinajstić information content (AvgIpc) is 2.69. The van der Waals surface area contributed by atoms with Gasteiger partial charge in [0.05, 0.1) is 13.1 Å². The van der Waals surface area contributed by atoms with Crippen molar-refractivity contribution in [2.75, 3.05) is 13.1 Å². The Morgan fingerprint density at radius 3 is 2.58 bits per heavy atom. The minimum Gasteiger partial charge on any atom is -0.455 e. The molecule has 0 aromatic heterocycles. The SMILES string of the molecule is NC1=NCC(OC(=O)C(OC=O)(c2ccccc2)C2CCCCC2)CN1. The molecule has 2 atom stereocenters. The highest BCUT2D eigenvalue weighted by Crippen LogP contribution is 2.43. The van der Waals surface area contributed by atoms with Gasteiger partial charge in [-0.25, -0.2) is 9.79 Å². The highest BCUT2D eigenvalue weighted by atomic mass is 16.6. The molecule has 1 aromatic rings. The minimum atomic E-state index is -1.42. The molecule has 1 aromatic carbocycles. The summed E-state index contributed by atoms with van der Waals surface area (Å²) in [7, 11) is 0. The van der Waals surface area contributed by atoms with Crippen molar-refractivity contribution in [3.8, 4) is 0 Å². The number of carbonyl (C=O) groups excluding carboxylic acids is 2. The third kappa shape index (κ3) is 3.66. The van der Waals surface area contributed by atoms with Crippen LogP contribution >= 0.6 is 0 Å². The maximum Gasteiger partial charge on any atom is 0.356 e. The summed E-state index contributed by atoms with van der Waals surface area (Å²) in [5.41, 5.74) is 4.82. The fourth-order valence-electron chi connectivity index (χ4n) is 3.86. The molecule has 1 heterocycles. The third-order valence-corrected chi connectivity index (χ3v) is 5.17. The second-order valence-corrected chi connectivity index (χ2v) is 6.78. The van der Waals surface area contributed by atoms with Crippen molar-refractivity contribution in [3.05, 3.63) is 35.9 Å². The first-order valence-corrected chi connectivity index (χ1v) is 9.08. The quantitative estimate of drug-likeness (QED) is 0.589. The molecular weight excluding hydrogens is 334 g/mol. The molecule has 0 amide bonds. The summed E-state index contributed by atoms with van der Waals surface area (Å²) in [6.45, 7) is 1.04. The van der Waals surface area contributed by atoms with Crippen LogP contribution in [-0.4, -0.2) is 37.6 Å². The van der Waals surface area contributed by atoms with E-state index in [1.54, 1.807) is 0 Å². The number of guanidine groups is 1. The van der Waals surface area contributed by atoms with Gasteiger partial charge in [-0.1, -0.05) is 49.6 Å². The van der Waals surface area contributed by atoms with E-state index >= 15 is 0 Å². The lowest BCUT2D eigenvalue weighted by Gasteiger charge is -2.40. The number of hydrogen-bond donors (Lipinski definition) is 2. The molecule has 0 saturated heterocycles. The van der Waals surface area contributed by atoms with E-state index in [1.807, 2.05) is 30.3 Å². The predicted octanol–water partition coefficient (Wildman–Crippen LogP) is 1.46. The van der Waals surface area contributed by atoms with Gasteiger partial charge in [-0.15, -0.1) is 0 Å². The first-order chi connectivity index (χ1) is 12.7. The average molecular weight is 359 g/mol. The largest absolute Gasteiger partial charge is 0.455 e. The Morgan fingerprint density at radius 1 is 1.23 bits per heavy atom. The van der Waals surface area contributed by atoms with E-state index in [0.717, 1.165) is 32.1 Å². The van der Waals surface area contributed by atoms with Gasteiger partial charge in [0.25, 0.3) is 6.47 Å². The molecule has 7 nitrogen and oxygen atoms in total. The van der Waals surface area contributed by atoms with E-state index in [0.29, 0.717) is 31.1 Å². The lowest BCUT2D eigenvalue weighted by Crippen LogP contribution is -2.51. The van der Waals surface area contributed by atoms with Crippen molar-refractivity contribution in [2.24, 2.45) is 16.6 Å². The maximum absolute atomic E-state index is 13.3. The number of nitrogens with two attached hydrogens (primary N) is 1. The van der Waals surface area contributed by atoms with Crippen LogP contribution in [0.25, 0.3) is 0 Å². The molecule has 3 rings (SSSR count). The monoisotopic (exact) mass is 359 g/mol. The van der Waals surface area contributed by atoms with Gasteiger partial charge < -0.3 is 20.5 Å². The first-order valence-electron chi connectivity index (χ1n) is 9.08. The van der Waals surface area contributed by atoms with Crippen LogP contribution in [0.4, 0.5) is 0 Å². The fourth-order valence-corrected chi connectivity index (χ4v) is 3.86. The molecule has 1 fully saturated rings. The Balaban J connectivity index is 1.92. The molecule has 0 bridgehead atoms. The van der Waals surface area contributed by atoms with Crippen LogP contribution in [0.5, 0.6) is 0 Å². The minimum absolute atomic E-state index is 0.110. The van der Waals surface area contributed by atoms with Crippen molar-refractivity contribution >= 4 is 18.4 Å².